The molecule has 4 nitrogen and oxygen atoms in total. The molecule has 0 saturated carbocycles. The van der Waals surface area contributed by atoms with Crippen LogP contribution >= 0.6 is 7.82 Å². The van der Waals surface area contributed by atoms with Crippen LogP contribution in [0.25, 0.3) is 0 Å². The molecule has 0 bridgehead atoms. The second kappa shape index (κ2) is 40.2. The van der Waals surface area contributed by atoms with Crippen molar-refractivity contribution in [3.05, 3.63) is 20.8 Å². The van der Waals surface area contributed by atoms with E-state index in [-0.39, 0.29) is 58.4 Å². The van der Waals surface area contributed by atoms with E-state index in [1.54, 1.807) is 0 Å². The fourth-order valence-corrected chi connectivity index (χ4v) is 2.09. The summed E-state index contributed by atoms with van der Waals surface area (Å²) >= 11 is 0. The number of unbranched alkanes of at least 4 members (excludes halogenated alkanes) is 3. The summed E-state index contributed by atoms with van der Waals surface area (Å²) in [6.45, 7) is 25.3. The third-order valence-electron chi connectivity index (χ3n) is 4.63. The summed E-state index contributed by atoms with van der Waals surface area (Å²) in [6.07, 6.45) is 15.6. The molecular formula is C24H51O4PZn3. The summed E-state index contributed by atoms with van der Waals surface area (Å²) in [5.74, 6) is 2.11. The number of hydrogen-bond acceptors (Lipinski definition) is 4. The van der Waals surface area contributed by atoms with Crippen molar-refractivity contribution >= 4 is 7.82 Å². The van der Waals surface area contributed by atoms with Crippen molar-refractivity contribution in [3.63, 3.8) is 0 Å². The van der Waals surface area contributed by atoms with Gasteiger partial charge in [-0.1, -0.05) is 119 Å². The van der Waals surface area contributed by atoms with Crippen LogP contribution in [0.3, 0.4) is 0 Å². The molecule has 3 unspecified atom stereocenters. The Kier molecular flexibility index (Phi) is 63.7. The number of hydrogen-bond donors (Lipinski definition) is 0. The molecule has 0 N–H and O–H groups in total. The van der Waals surface area contributed by atoms with Crippen molar-refractivity contribution in [2.45, 2.75) is 119 Å². The van der Waals surface area contributed by atoms with E-state index in [2.05, 4.69) is 62.3 Å². The second-order valence-electron chi connectivity index (χ2n) is 7.70. The van der Waals surface area contributed by atoms with Crippen molar-refractivity contribution in [1.82, 2.24) is 0 Å². The van der Waals surface area contributed by atoms with E-state index in [4.69, 9.17) is 19.2 Å². The largest absolute Gasteiger partial charge is 2.00 e. The van der Waals surface area contributed by atoms with Gasteiger partial charge in [0, 0.05) is 0 Å². The van der Waals surface area contributed by atoms with E-state index in [1.165, 1.54) is 77.0 Å². The van der Waals surface area contributed by atoms with E-state index >= 15 is 0 Å². The summed E-state index contributed by atoms with van der Waals surface area (Å²) < 4.78 is 8.55. The summed E-state index contributed by atoms with van der Waals surface area (Å²) in [6, 6.07) is 0. The minimum atomic E-state index is -5.39. The normalized spacial score (nSPS) is 12.2. The summed E-state index contributed by atoms with van der Waals surface area (Å²) in [7, 11) is -5.39. The molecule has 0 heterocycles. The van der Waals surface area contributed by atoms with Gasteiger partial charge >= 0.3 is 58.4 Å². The zero-order chi connectivity index (χ0) is 23.7. The summed E-state index contributed by atoms with van der Waals surface area (Å²) in [5, 5.41) is 0. The molecule has 0 aliphatic carbocycles. The van der Waals surface area contributed by atoms with Crippen LogP contribution in [0, 0.1) is 38.5 Å². The van der Waals surface area contributed by atoms with Crippen LogP contribution < -0.4 is 14.7 Å². The van der Waals surface area contributed by atoms with Crippen molar-refractivity contribution in [2.24, 2.45) is 17.8 Å². The Balaban J connectivity index is -0.0000000512. The Morgan fingerprint density at radius 3 is 0.812 bits per heavy atom. The van der Waals surface area contributed by atoms with Crippen LogP contribution in [-0.2, 0) is 63.0 Å². The molecule has 0 fully saturated rings. The van der Waals surface area contributed by atoms with Crippen molar-refractivity contribution in [2.75, 3.05) is 0 Å². The van der Waals surface area contributed by atoms with Gasteiger partial charge in [-0.3, -0.25) is 0 Å². The molecule has 182 valence electrons. The molecule has 0 radical (unpaired) electrons. The molecule has 0 amide bonds. The average Bonchev–Trinajstić information content (AvgIpc) is 2.67. The molecule has 0 aromatic heterocycles. The van der Waals surface area contributed by atoms with Gasteiger partial charge in [-0.2, -0.15) is 25.6 Å². The van der Waals surface area contributed by atoms with E-state index in [9.17, 15) is 0 Å². The fourth-order valence-electron chi connectivity index (χ4n) is 2.09. The first-order valence-electron chi connectivity index (χ1n) is 11.6. The number of rotatable bonds is 12. The molecule has 0 rings (SSSR count). The Morgan fingerprint density at radius 2 is 0.719 bits per heavy atom. The molecular weight excluding hydrogens is 579 g/mol. The second-order valence-corrected chi connectivity index (χ2v) is 8.59. The van der Waals surface area contributed by atoms with Gasteiger partial charge in [-0.25, -0.2) is 0 Å². The molecule has 3 atom stereocenters. The number of phosphoric acid groups is 1. The van der Waals surface area contributed by atoms with E-state index in [1.807, 2.05) is 0 Å². The molecule has 0 aromatic carbocycles. The maximum Gasteiger partial charge on any atom is 2.00 e. The van der Waals surface area contributed by atoms with Crippen molar-refractivity contribution in [1.29, 1.82) is 0 Å². The maximum atomic E-state index is 8.55. The van der Waals surface area contributed by atoms with Crippen molar-refractivity contribution < 1.29 is 77.7 Å². The van der Waals surface area contributed by atoms with Gasteiger partial charge in [0.2, 0.25) is 0 Å². The van der Waals surface area contributed by atoms with Gasteiger partial charge in [-0.05, 0) is 0 Å². The molecule has 0 saturated heterocycles. The predicted octanol–water partition coefficient (Wildman–Crippen LogP) is 6.28. The minimum Gasteiger partial charge on any atom is -0.822 e. The van der Waals surface area contributed by atoms with Crippen LogP contribution in [0.4, 0.5) is 0 Å². The zero-order valence-electron chi connectivity index (χ0n) is 22.5. The van der Waals surface area contributed by atoms with Crippen LogP contribution in [-0.4, -0.2) is 0 Å². The van der Waals surface area contributed by atoms with Gasteiger partial charge in [0.05, 0.1) is 0 Å². The average molecular weight is 631 g/mol. The van der Waals surface area contributed by atoms with Gasteiger partial charge in [-0.15, -0.1) is 0 Å². The first-order chi connectivity index (χ1) is 13.4. The smallest absolute Gasteiger partial charge is 0.822 e. The van der Waals surface area contributed by atoms with Crippen LogP contribution in [0.5, 0.6) is 0 Å². The Hall–Kier alpha value is 1.98. The first-order valence-corrected chi connectivity index (χ1v) is 13.1. The zero-order valence-corrected chi connectivity index (χ0v) is 32.3. The van der Waals surface area contributed by atoms with Gasteiger partial charge in [0.25, 0.3) is 0 Å². The Morgan fingerprint density at radius 1 is 0.562 bits per heavy atom. The van der Waals surface area contributed by atoms with Crippen molar-refractivity contribution in [3.8, 4) is 0 Å². The predicted molar refractivity (Wildman–Crippen MR) is 124 cm³/mol. The van der Waals surface area contributed by atoms with Gasteiger partial charge in [0.15, 0.2) is 0 Å². The molecule has 0 spiro atoms. The quantitative estimate of drug-likeness (QED) is 0.144. The molecule has 0 aliphatic heterocycles. The molecule has 32 heavy (non-hydrogen) atoms. The Bertz CT molecular complexity index is 291. The standard InChI is InChI=1S/3C8H17.H3O4P.3Zn/c3*1-4-6-7-8(3)5-2;1-5(2,3)4;;;/h3*8H,3-7H2,1-2H3;(H3,1,2,3,4);;;/q3*-1;;3*+2/p-3. The minimum absolute atomic E-state index is 0. The molecule has 0 aromatic rings. The summed E-state index contributed by atoms with van der Waals surface area (Å²) in [4.78, 5) is 25.6. The Labute approximate surface area is 241 Å². The third-order valence-corrected chi connectivity index (χ3v) is 4.63. The molecule has 8 heteroatoms. The third kappa shape index (κ3) is 76.9. The SMILES string of the molecule is O=P([O-])([O-])[O-].[CH2-]C(CC)CCCC.[CH2-]C(CC)CCCC.[CH2-]C(CC)CCCC.[Zn+2].[Zn+2].[Zn+2]. The van der Waals surface area contributed by atoms with Crippen LogP contribution in [0.15, 0.2) is 0 Å². The van der Waals surface area contributed by atoms with E-state index < -0.39 is 7.82 Å². The summed E-state index contributed by atoms with van der Waals surface area (Å²) in [5.41, 5.74) is 0. The van der Waals surface area contributed by atoms with E-state index in [0.717, 1.165) is 0 Å². The topological polar surface area (TPSA) is 86.2 Å². The van der Waals surface area contributed by atoms with E-state index in [0.29, 0.717) is 17.8 Å². The van der Waals surface area contributed by atoms with Gasteiger partial charge < -0.3 is 40.0 Å². The maximum absolute atomic E-state index is 8.55. The van der Waals surface area contributed by atoms with Gasteiger partial charge in [0.1, 0.15) is 0 Å². The van der Waals surface area contributed by atoms with Crippen LogP contribution in [0.1, 0.15) is 119 Å². The first kappa shape index (κ1) is 50.8. The monoisotopic (exact) mass is 626 g/mol. The van der Waals surface area contributed by atoms with Crippen LogP contribution in [0.2, 0.25) is 0 Å². The fraction of sp³-hybridized carbons (Fsp3) is 0.875. The molecule has 0 aliphatic rings.